The number of rotatable bonds is 6. The van der Waals surface area contributed by atoms with Crippen LogP contribution >= 0.6 is 22.9 Å². The van der Waals surface area contributed by atoms with Gasteiger partial charge in [0, 0.05) is 23.5 Å². The quantitative estimate of drug-likeness (QED) is 0.827. The highest BCUT2D eigenvalue weighted by atomic mass is 35.5. The Morgan fingerprint density at radius 2 is 2.11 bits per heavy atom. The third-order valence-electron chi connectivity index (χ3n) is 3.64. The van der Waals surface area contributed by atoms with Gasteiger partial charge in [0.15, 0.2) is 0 Å². The van der Waals surface area contributed by atoms with E-state index in [1.54, 1.807) is 11.3 Å². The summed E-state index contributed by atoms with van der Waals surface area (Å²) in [5, 5.41) is 8.91. The molecule has 1 saturated carbocycles. The van der Waals surface area contributed by atoms with Crippen LogP contribution in [0.2, 0.25) is 5.02 Å². The average Bonchev–Trinajstić information content (AvgIpc) is 3.11. The van der Waals surface area contributed by atoms with E-state index in [1.165, 1.54) is 24.0 Å². The lowest BCUT2D eigenvalue weighted by molar-refractivity contribution is 0.578. The fourth-order valence-electron chi connectivity index (χ4n) is 2.39. The second-order valence-electron chi connectivity index (χ2n) is 5.24. The maximum Gasteiger partial charge on any atom is 0.0441 e. The second kappa shape index (κ2) is 6.08. The molecule has 0 aliphatic heterocycles. The van der Waals surface area contributed by atoms with Crippen LogP contribution in [-0.4, -0.2) is 12.6 Å². The molecular weight excluding hydrogens is 274 g/mol. The lowest BCUT2D eigenvalue weighted by atomic mass is 9.93. The average molecular weight is 292 g/mol. The standard InChI is InChI=1S/C16H18ClNS/c17-16-4-2-1-3-15(16)13(10-18-14-5-6-14)9-12-7-8-19-11-12/h1-4,7-8,11,13-14,18H,5-6,9-10H2. The molecule has 0 amide bonds. The molecule has 1 aromatic heterocycles. The number of thiophene rings is 1. The molecule has 1 atom stereocenters. The highest BCUT2D eigenvalue weighted by Gasteiger charge is 2.23. The van der Waals surface area contributed by atoms with E-state index in [-0.39, 0.29) is 0 Å². The van der Waals surface area contributed by atoms with Gasteiger partial charge in [-0.25, -0.2) is 0 Å². The zero-order chi connectivity index (χ0) is 13.1. The third kappa shape index (κ3) is 3.59. The molecule has 1 aromatic carbocycles. The van der Waals surface area contributed by atoms with E-state index in [0.717, 1.165) is 24.0 Å². The van der Waals surface area contributed by atoms with Crippen molar-refractivity contribution in [2.24, 2.45) is 0 Å². The molecule has 0 bridgehead atoms. The molecule has 1 aliphatic rings. The molecule has 1 aliphatic carbocycles. The van der Waals surface area contributed by atoms with Gasteiger partial charge in [-0.05, 0) is 53.3 Å². The summed E-state index contributed by atoms with van der Waals surface area (Å²) in [6.07, 6.45) is 3.72. The molecule has 3 heteroatoms. The first-order valence-corrected chi connectivity index (χ1v) is 8.14. The summed E-state index contributed by atoms with van der Waals surface area (Å²) in [4.78, 5) is 0. The van der Waals surface area contributed by atoms with Crippen LogP contribution in [0, 0.1) is 0 Å². The largest absolute Gasteiger partial charge is 0.313 e. The van der Waals surface area contributed by atoms with E-state index < -0.39 is 0 Å². The molecule has 2 aromatic rings. The topological polar surface area (TPSA) is 12.0 Å². The zero-order valence-electron chi connectivity index (χ0n) is 10.8. The van der Waals surface area contributed by atoms with Crippen LogP contribution in [0.15, 0.2) is 41.1 Å². The summed E-state index contributed by atoms with van der Waals surface area (Å²) in [5.41, 5.74) is 2.68. The normalized spacial score (nSPS) is 16.5. The molecule has 100 valence electrons. The first-order valence-electron chi connectivity index (χ1n) is 6.82. The number of nitrogens with one attached hydrogen (secondary N) is 1. The zero-order valence-corrected chi connectivity index (χ0v) is 12.4. The maximum absolute atomic E-state index is 6.36. The third-order valence-corrected chi connectivity index (χ3v) is 4.71. The van der Waals surface area contributed by atoms with Crippen molar-refractivity contribution in [3.05, 3.63) is 57.2 Å². The van der Waals surface area contributed by atoms with Gasteiger partial charge < -0.3 is 5.32 Å². The van der Waals surface area contributed by atoms with E-state index in [0.29, 0.717) is 5.92 Å². The predicted molar refractivity (Wildman–Crippen MR) is 83.2 cm³/mol. The van der Waals surface area contributed by atoms with Crippen LogP contribution in [0.25, 0.3) is 0 Å². The lowest BCUT2D eigenvalue weighted by Crippen LogP contribution is -2.25. The first-order chi connectivity index (χ1) is 9.33. The van der Waals surface area contributed by atoms with Gasteiger partial charge in [-0.15, -0.1) is 0 Å². The minimum absolute atomic E-state index is 0.462. The van der Waals surface area contributed by atoms with Crippen molar-refractivity contribution in [2.75, 3.05) is 6.54 Å². The van der Waals surface area contributed by atoms with E-state index in [2.05, 4.69) is 34.3 Å². The van der Waals surface area contributed by atoms with Crippen LogP contribution in [-0.2, 0) is 6.42 Å². The van der Waals surface area contributed by atoms with Crippen molar-refractivity contribution in [3.63, 3.8) is 0 Å². The fourth-order valence-corrected chi connectivity index (χ4v) is 3.36. The van der Waals surface area contributed by atoms with Crippen LogP contribution in [0.5, 0.6) is 0 Å². The summed E-state index contributed by atoms with van der Waals surface area (Å²) in [5.74, 6) is 0.462. The Kier molecular flexibility index (Phi) is 4.21. The minimum atomic E-state index is 0.462. The summed E-state index contributed by atoms with van der Waals surface area (Å²) in [6.45, 7) is 1.02. The highest BCUT2D eigenvalue weighted by Crippen LogP contribution is 2.29. The lowest BCUT2D eigenvalue weighted by Gasteiger charge is -2.19. The van der Waals surface area contributed by atoms with E-state index in [4.69, 9.17) is 11.6 Å². The van der Waals surface area contributed by atoms with E-state index in [9.17, 15) is 0 Å². The van der Waals surface area contributed by atoms with Gasteiger partial charge in [0.2, 0.25) is 0 Å². The molecule has 1 N–H and O–H groups in total. The SMILES string of the molecule is Clc1ccccc1C(CNC1CC1)Cc1ccsc1. The number of hydrogen-bond acceptors (Lipinski definition) is 2. The monoisotopic (exact) mass is 291 g/mol. The van der Waals surface area contributed by atoms with Crippen LogP contribution in [0.3, 0.4) is 0 Å². The van der Waals surface area contributed by atoms with Crippen molar-refractivity contribution in [1.29, 1.82) is 0 Å². The Bertz CT molecular complexity index is 519. The molecule has 1 nitrogen and oxygen atoms in total. The number of hydrogen-bond donors (Lipinski definition) is 1. The van der Waals surface area contributed by atoms with Crippen molar-refractivity contribution in [2.45, 2.75) is 31.2 Å². The van der Waals surface area contributed by atoms with Crippen molar-refractivity contribution < 1.29 is 0 Å². The molecule has 0 saturated heterocycles. The van der Waals surface area contributed by atoms with Gasteiger partial charge in [-0.3, -0.25) is 0 Å². The van der Waals surface area contributed by atoms with Gasteiger partial charge in [-0.2, -0.15) is 11.3 Å². The molecule has 3 rings (SSSR count). The molecular formula is C16H18ClNS. The summed E-state index contributed by atoms with van der Waals surface area (Å²) in [6, 6.07) is 11.2. The summed E-state index contributed by atoms with van der Waals surface area (Å²) >= 11 is 8.13. The van der Waals surface area contributed by atoms with Gasteiger partial charge in [0.25, 0.3) is 0 Å². The Balaban J connectivity index is 1.76. The molecule has 1 fully saturated rings. The molecule has 19 heavy (non-hydrogen) atoms. The second-order valence-corrected chi connectivity index (χ2v) is 6.42. The Hall–Kier alpha value is -0.830. The Labute approximate surface area is 123 Å². The van der Waals surface area contributed by atoms with Crippen molar-refractivity contribution >= 4 is 22.9 Å². The first kappa shape index (κ1) is 13.2. The van der Waals surface area contributed by atoms with Crippen LogP contribution in [0.1, 0.15) is 29.9 Å². The van der Waals surface area contributed by atoms with E-state index >= 15 is 0 Å². The van der Waals surface area contributed by atoms with Gasteiger partial charge in [0.1, 0.15) is 0 Å². The molecule has 0 spiro atoms. The smallest absolute Gasteiger partial charge is 0.0441 e. The van der Waals surface area contributed by atoms with Crippen LogP contribution in [0.4, 0.5) is 0 Å². The Morgan fingerprint density at radius 1 is 1.26 bits per heavy atom. The predicted octanol–water partition coefficient (Wildman–Crippen LogP) is 4.48. The summed E-state index contributed by atoms with van der Waals surface area (Å²) < 4.78 is 0. The van der Waals surface area contributed by atoms with Gasteiger partial charge >= 0.3 is 0 Å². The fraction of sp³-hybridized carbons (Fsp3) is 0.375. The Morgan fingerprint density at radius 3 is 2.79 bits per heavy atom. The van der Waals surface area contributed by atoms with E-state index in [1.807, 2.05) is 12.1 Å². The minimum Gasteiger partial charge on any atom is -0.313 e. The highest BCUT2D eigenvalue weighted by molar-refractivity contribution is 7.07. The number of benzene rings is 1. The van der Waals surface area contributed by atoms with Gasteiger partial charge in [0.05, 0.1) is 0 Å². The maximum atomic E-state index is 6.36. The van der Waals surface area contributed by atoms with Gasteiger partial charge in [-0.1, -0.05) is 29.8 Å². The summed E-state index contributed by atoms with van der Waals surface area (Å²) in [7, 11) is 0. The van der Waals surface area contributed by atoms with Crippen LogP contribution < -0.4 is 5.32 Å². The number of halogens is 1. The molecule has 0 radical (unpaired) electrons. The molecule has 1 heterocycles. The van der Waals surface area contributed by atoms with Crippen molar-refractivity contribution in [3.8, 4) is 0 Å². The van der Waals surface area contributed by atoms with Crippen molar-refractivity contribution in [1.82, 2.24) is 5.32 Å². The molecule has 1 unspecified atom stereocenters.